The Morgan fingerprint density at radius 3 is 2.15 bits per heavy atom. The van der Waals surface area contributed by atoms with Crippen LogP contribution in [-0.2, 0) is 0 Å². The molecule has 2 aromatic carbocycles. The van der Waals surface area contributed by atoms with E-state index in [0.717, 1.165) is 16.8 Å². The molecular weight excluding hydrogens is 332 g/mol. The maximum absolute atomic E-state index is 12.6. The highest BCUT2D eigenvalue weighted by molar-refractivity contribution is 6.05. The molecule has 0 bridgehead atoms. The summed E-state index contributed by atoms with van der Waals surface area (Å²) in [6.07, 6.45) is 1.60. The first kappa shape index (κ1) is 17.5. The average molecular weight is 352 g/mol. The number of hydrogen-bond donors (Lipinski definition) is 1. The number of benzene rings is 2. The van der Waals surface area contributed by atoms with Crippen molar-refractivity contribution in [3.63, 3.8) is 0 Å². The van der Waals surface area contributed by atoms with Crippen LogP contribution in [0, 0.1) is 13.8 Å². The van der Waals surface area contributed by atoms with Gasteiger partial charge >= 0.3 is 0 Å². The molecule has 0 atom stereocenters. The summed E-state index contributed by atoms with van der Waals surface area (Å²) < 4.78 is 15.9. The van der Waals surface area contributed by atoms with Gasteiger partial charge in [-0.25, -0.2) is 4.98 Å². The minimum Gasteiger partial charge on any atom is -0.496 e. The van der Waals surface area contributed by atoms with Gasteiger partial charge in [-0.2, -0.15) is 0 Å². The molecule has 0 aliphatic rings. The predicted molar refractivity (Wildman–Crippen MR) is 98.9 cm³/mol. The molecule has 3 aromatic rings. The monoisotopic (exact) mass is 352 g/mol. The van der Waals surface area contributed by atoms with E-state index in [2.05, 4.69) is 10.3 Å². The number of aromatic nitrogens is 1. The summed E-state index contributed by atoms with van der Waals surface area (Å²) in [4.78, 5) is 16.9. The highest BCUT2D eigenvalue weighted by Gasteiger charge is 2.14. The third-order valence-electron chi connectivity index (χ3n) is 4.07. The van der Waals surface area contributed by atoms with Gasteiger partial charge in [0.1, 0.15) is 23.5 Å². The quantitative estimate of drug-likeness (QED) is 0.744. The lowest BCUT2D eigenvalue weighted by atomic mass is 10.1. The first-order valence-electron chi connectivity index (χ1n) is 8.08. The van der Waals surface area contributed by atoms with Crippen molar-refractivity contribution in [3.8, 4) is 22.8 Å². The number of ether oxygens (including phenoxy) is 2. The molecule has 0 saturated heterocycles. The van der Waals surface area contributed by atoms with Gasteiger partial charge in [-0.3, -0.25) is 4.79 Å². The molecule has 1 aromatic heterocycles. The Bertz CT molecular complexity index is 904. The van der Waals surface area contributed by atoms with Crippen molar-refractivity contribution in [1.82, 2.24) is 4.98 Å². The normalized spacial score (nSPS) is 10.5. The van der Waals surface area contributed by atoms with Gasteiger partial charge in [0.15, 0.2) is 5.89 Å². The molecule has 1 N–H and O–H groups in total. The lowest BCUT2D eigenvalue weighted by Crippen LogP contribution is -2.12. The second kappa shape index (κ2) is 7.31. The van der Waals surface area contributed by atoms with Crippen LogP contribution < -0.4 is 14.8 Å². The van der Waals surface area contributed by atoms with Crippen LogP contribution >= 0.6 is 0 Å². The topological polar surface area (TPSA) is 73.6 Å². The Labute approximate surface area is 151 Å². The van der Waals surface area contributed by atoms with Crippen LogP contribution in [-0.4, -0.2) is 25.1 Å². The molecule has 134 valence electrons. The predicted octanol–water partition coefficient (Wildman–Crippen LogP) is 4.23. The molecule has 1 heterocycles. The Kier molecular flexibility index (Phi) is 4.93. The van der Waals surface area contributed by atoms with E-state index in [1.54, 1.807) is 39.5 Å². The number of oxazole rings is 1. The van der Waals surface area contributed by atoms with Gasteiger partial charge in [0.2, 0.25) is 0 Å². The number of anilines is 1. The van der Waals surface area contributed by atoms with Crippen molar-refractivity contribution in [2.45, 2.75) is 13.8 Å². The maximum Gasteiger partial charge on any atom is 0.255 e. The zero-order chi connectivity index (χ0) is 18.7. The van der Waals surface area contributed by atoms with Gasteiger partial charge in [0.25, 0.3) is 5.91 Å². The fourth-order valence-electron chi connectivity index (χ4n) is 2.64. The fourth-order valence-corrected chi connectivity index (χ4v) is 2.64. The van der Waals surface area contributed by atoms with Crippen LogP contribution in [0.5, 0.6) is 11.5 Å². The van der Waals surface area contributed by atoms with E-state index in [9.17, 15) is 4.79 Å². The summed E-state index contributed by atoms with van der Waals surface area (Å²) in [5.74, 6) is 1.57. The van der Waals surface area contributed by atoms with Gasteiger partial charge in [0, 0.05) is 29.3 Å². The highest BCUT2D eigenvalue weighted by Crippen LogP contribution is 2.30. The molecule has 6 nitrogen and oxygen atoms in total. The van der Waals surface area contributed by atoms with Crippen LogP contribution in [0.2, 0.25) is 0 Å². The largest absolute Gasteiger partial charge is 0.496 e. The summed E-state index contributed by atoms with van der Waals surface area (Å²) in [5, 5.41) is 2.87. The molecule has 0 aliphatic carbocycles. The molecule has 0 unspecified atom stereocenters. The summed E-state index contributed by atoms with van der Waals surface area (Å²) in [7, 11) is 3.13. The van der Waals surface area contributed by atoms with E-state index in [1.165, 1.54) is 0 Å². The van der Waals surface area contributed by atoms with E-state index in [-0.39, 0.29) is 5.91 Å². The lowest BCUT2D eigenvalue weighted by Gasteiger charge is -2.13. The average Bonchev–Trinajstić information content (AvgIpc) is 3.08. The first-order chi connectivity index (χ1) is 12.5. The third kappa shape index (κ3) is 3.54. The molecule has 3 rings (SSSR count). The maximum atomic E-state index is 12.6. The number of carbonyl (C=O) groups is 1. The van der Waals surface area contributed by atoms with Gasteiger partial charge in [-0.15, -0.1) is 0 Å². The SMILES string of the molecule is COc1cc(C(=O)Nc2ccc(-c3coc(C)n3)cc2)cc(OC)c1C. The Morgan fingerprint density at radius 2 is 1.65 bits per heavy atom. The molecule has 26 heavy (non-hydrogen) atoms. The molecule has 0 radical (unpaired) electrons. The van der Waals surface area contributed by atoms with E-state index >= 15 is 0 Å². The summed E-state index contributed by atoms with van der Waals surface area (Å²) in [5.41, 5.74) is 3.66. The number of carbonyl (C=O) groups excluding carboxylic acids is 1. The van der Waals surface area contributed by atoms with Gasteiger partial charge < -0.3 is 19.2 Å². The molecule has 0 saturated carbocycles. The summed E-state index contributed by atoms with van der Waals surface area (Å²) >= 11 is 0. The second-order valence-corrected chi connectivity index (χ2v) is 5.79. The molecule has 1 amide bonds. The summed E-state index contributed by atoms with van der Waals surface area (Å²) in [6.45, 7) is 3.67. The van der Waals surface area contributed by atoms with Crippen molar-refractivity contribution >= 4 is 11.6 Å². The van der Waals surface area contributed by atoms with Crippen molar-refractivity contribution in [2.24, 2.45) is 0 Å². The minimum atomic E-state index is -0.244. The van der Waals surface area contributed by atoms with Crippen LogP contribution in [0.3, 0.4) is 0 Å². The zero-order valence-corrected chi connectivity index (χ0v) is 15.1. The van der Waals surface area contributed by atoms with Crippen molar-refractivity contribution in [1.29, 1.82) is 0 Å². The Hall–Kier alpha value is -3.28. The number of nitrogens with one attached hydrogen (secondary N) is 1. The van der Waals surface area contributed by atoms with Gasteiger partial charge in [0.05, 0.1) is 14.2 Å². The van der Waals surface area contributed by atoms with E-state index in [4.69, 9.17) is 13.9 Å². The lowest BCUT2D eigenvalue weighted by molar-refractivity contribution is 0.102. The van der Waals surface area contributed by atoms with Gasteiger partial charge in [-0.05, 0) is 31.2 Å². The second-order valence-electron chi connectivity index (χ2n) is 5.79. The Balaban J connectivity index is 1.79. The van der Waals surface area contributed by atoms with Crippen molar-refractivity contribution in [3.05, 3.63) is 59.7 Å². The molecule has 0 spiro atoms. The highest BCUT2D eigenvalue weighted by atomic mass is 16.5. The van der Waals surface area contributed by atoms with Crippen LogP contribution in [0.1, 0.15) is 21.8 Å². The van der Waals surface area contributed by atoms with Crippen LogP contribution in [0.4, 0.5) is 5.69 Å². The van der Waals surface area contributed by atoms with Crippen LogP contribution in [0.15, 0.2) is 47.1 Å². The summed E-state index contributed by atoms with van der Waals surface area (Å²) in [6, 6.07) is 10.8. The smallest absolute Gasteiger partial charge is 0.255 e. The number of amides is 1. The first-order valence-corrected chi connectivity index (χ1v) is 8.08. The van der Waals surface area contributed by atoms with E-state index < -0.39 is 0 Å². The zero-order valence-electron chi connectivity index (χ0n) is 15.1. The molecule has 0 aliphatic heterocycles. The molecular formula is C20H20N2O4. The minimum absolute atomic E-state index is 0.244. The number of aryl methyl sites for hydroxylation is 1. The van der Waals surface area contributed by atoms with Crippen LogP contribution in [0.25, 0.3) is 11.3 Å². The molecule has 0 fully saturated rings. The van der Waals surface area contributed by atoms with Gasteiger partial charge in [-0.1, -0.05) is 12.1 Å². The van der Waals surface area contributed by atoms with E-state index in [1.807, 2.05) is 31.2 Å². The number of rotatable bonds is 5. The number of methoxy groups -OCH3 is 2. The standard InChI is InChI=1S/C20H20N2O4/c1-12-18(24-3)9-15(10-19(12)25-4)20(23)22-16-7-5-14(6-8-16)17-11-26-13(2)21-17/h5-11H,1-4H3,(H,22,23). The molecule has 6 heteroatoms. The number of nitrogens with zero attached hydrogens (tertiary/aromatic N) is 1. The Morgan fingerprint density at radius 1 is 1.04 bits per heavy atom. The van der Waals surface area contributed by atoms with Crippen molar-refractivity contribution in [2.75, 3.05) is 19.5 Å². The van der Waals surface area contributed by atoms with E-state index in [0.29, 0.717) is 28.6 Å². The number of hydrogen-bond acceptors (Lipinski definition) is 5. The third-order valence-corrected chi connectivity index (χ3v) is 4.07. The fraction of sp³-hybridized carbons (Fsp3) is 0.200. The van der Waals surface area contributed by atoms with Crippen molar-refractivity contribution < 1.29 is 18.7 Å².